The molecule has 5 nitrogen and oxygen atoms in total. The predicted octanol–water partition coefficient (Wildman–Crippen LogP) is 3.02. The van der Waals surface area contributed by atoms with Crippen molar-refractivity contribution in [3.63, 3.8) is 0 Å². The highest BCUT2D eigenvalue weighted by Gasteiger charge is 2.04. The van der Waals surface area contributed by atoms with E-state index >= 15 is 0 Å². The lowest BCUT2D eigenvalue weighted by Crippen LogP contribution is -2.31. The Labute approximate surface area is 137 Å². The van der Waals surface area contributed by atoms with Crippen molar-refractivity contribution in [2.45, 2.75) is 53.9 Å². The van der Waals surface area contributed by atoms with E-state index < -0.39 is 0 Å². The second kappa shape index (κ2) is 20.3. The maximum Gasteiger partial charge on any atom is 0.222 e. The molecule has 0 aliphatic carbocycles. The van der Waals surface area contributed by atoms with E-state index in [1.807, 2.05) is 27.7 Å². The number of hydrogen-bond donors (Lipinski definition) is 1. The number of rotatable bonds is 14. The maximum absolute atomic E-state index is 11.2. The molecular formula is C17H37NO4. The first kappa shape index (κ1) is 23.6. The van der Waals surface area contributed by atoms with Crippen LogP contribution in [0.1, 0.15) is 53.9 Å². The van der Waals surface area contributed by atoms with Gasteiger partial charge in [0.2, 0.25) is 5.91 Å². The maximum atomic E-state index is 11.2. The molecule has 0 aromatic rings. The molecule has 134 valence electrons. The van der Waals surface area contributed by atoms with Crippen LogP contribution in [0.15, 0.2) is 0 Å². The van der Waals surface area contributed by atoms with Crippen molar-refractivity contribution in [3.05, 3.63) is 0 Å². The van der Waals surface area contributed by atoms with Gasteiger partial charge in [0.1, 0.15) is 0 Å². The van der Waals surface area contributed by atoms with Gasteiger partial charge in [-0.05, 0) is 6.42 Å². The molecule has 0 rings (SSSR count). The van der Waals surface area contributed by atoms with Gasteiger partial charge in [-0.15, -0.1) is 0 Å². The van der Waals surface area contributed by atoms with Gasteiger partial charge in [0, 0.05) is 19.1 Å². The lowest BCUT2D eigenvalue weighted by molar-refractivity contribution is -0.124. The minimum Gasteiger partial charge on any atom is -0.379 e. The van der Waals surface area contributed by atoms with Gasteiger partial charge < -0.3 is 19.5 Å². The normalized spacial score (nSPS) is 10.3. The number of nitrogens with one attached hydrogen (secondary N) is 1. The Kier molecular flexibility index (Phi) is 21.8. The van der Waals surface area contributed by atoms with E-state index in [0.29, 0.717) is 39.6 Å². The first-order valence-electron chi connectivity index (χ1n) is 8.69. The van der Waals surface area contributed by atoms with Crippen LogP contribution >= 0.6 is 0 Å². The minimum absolute atomic E-state index is 0.0238. The summed E-state index contributed by atoms with van der Waals surface area (Å²) in [7, 11) is 0. The van der Waals surface area contributed by atoms with Crippen molar-refractivity contribution in [3.8, 4) is 0 Å². The van der Waals surface area contributed by atoms with Crippen LogP contribution in [0.25, 0.3) is 0 Å². The van der Waals surface area contributed by atoms with E-state index in [4.69, 9.17) is 14.2 Å². The highest BCUT2D eigenvalue weighted by Crippen LogP contribution is 1.93. The summed E-state index contributed by atoms with van der Waals surface area (Å²) in [5.74, 6) is 0.0840. The molecule has 0 heterocycles. The zero-order valence-corrected chi connectivity index (χ0v) is 15.3. The summed E-state index contributed by atoms with van der Waals surface area (Å²) >= 11 is 0. The third-order valence-corrected chi connectivity index (χ3v) is 2.71. The van der Waals surface area contributed by atoms with E-state index in [0.717, 1.165) is 13.0 Å². The molecule has 1 N–H and O–H groups in total. The Morgan fingerprint density at radius 2 is 1.36 bits per heavy atom. The highest BCUT2D eigenvalue weighted by molar-refractivity contribution is 5.77. The third kappa shape index (κ3) is 19.4. The lowest BCUT2D eigenvalue weighted by Gasteiger charge is -2.09. The van der Waals surface area contributed by atoms with E-state index in [9.17, 15) is 4.79 Å². The monoisotopic (exact) mass is 319 g/mol. The summed E-state index contributed by atoms with van der Waals surface area (Å²) < 4.78 is 16.1. The largest absolute Gasteiger partial charge is 0.379 e. The first-order chi connectivity index (χ1) is 10.7. The Morgan fingerprint density at radius 1 is 0.864 bits per heavy atom. The van der Waals surface area contributed by atoms with Gasteiger partial charge in [0.25, 0.3) is 0 Å². The van der Waals surface area contributed by atoms with Crippen molar-refractivity contribution >= 4 is 5.91 Å². The summed E-state index contributed by atoms with van der Waals surface area (Å²) in [6.45, 7) is 14.2. The first-order valence-corrected chi connectivity index (χ1v) is 8.69. The molecule has 0 aromatic carbocycles. The second-order valence-corrected chi connectivity index (χ2v) is 4.99. The average molecular weight is 319 g/mol. The molecule has 0 saturated carbocycles. The molecule has 0 aromatic heterocycles. The van der Waals surface area contributed by atoms with Crippen molar-refractivity contribution in [2.24, 2.45) is 5.92 Å². The van der Waals surface area contributed by atoms with Crippen molar-refractivity contribution in [1.82, 2.24) is 5.32 Å². The van der Waals surface area contributed by atoms with Crippen molar-refractivity contribution in [1.29, 1.82) is 0 Å². The molecule has 0 spiro atoms. The van der Waals surface area contributed by atoms with Gasteiger partial charge in [0.05, 0.1) is 33.0 Å². The SMILES string of the molecule is CC.CCCCCOCCOCCOCCNC(=O)C(C)C. The number of amides is 1. The molecular weight excluding hydrogens is 282 g/mol. The van der Waals surface area contributed by atoms with Gasteiger partial charge in [-0.1, -0.05) is 47.5 Å². The van der Waals surface area contributed by atoms with Gasteiger partial charge >= 0.3 is 0 Å². The molecule has 5 heteroatoms. The number of unbranched alkanes of at least 4 members (excludes halogenated alkanes) is 2. The van der Waals surface area contributed by atoms with Crippen LogP contribution < -0.4 is 5.32 Å². The lowest BCUT2D eigenvalue weighted by atomic mass is 10.2. The molecule has 22 heavy (non-hydrogen) atoms. The molecule has 0 radical (unpaired) electrons. The molecule has 0 aliphatic heterocycles. The molecule has 0 bridgehead atoms. The van der Waals surface area contributed by atoms with E-state index in [1.54, 1.807) is 0 Å². The fourth-order valence-corrected chi connectivity index (χ4v) is 1.45. The molecule has 0 aliphatic rings. The highest BCUT2D eigenvalue weighted by atomic mass is 16.5. The third-order valence-electron chi connectivity index (χ3n) is 2.71. The van der Waals surface area contributed by atoms with Crippen LogP contribution in [0.4, 0.5) is 0 Å². The average Bonchev–Trinajstić information content (AvgIpc) is 2.53. The fourth-order valence-electron chi connectivity index (χ4n) is 1.45. The van der Waals surface area contributed by atoms with Gasteiger partial charge in [-0.2, -0.15) is 0 Å². The summed E-state index contributed by atoms with van der Waals surface area (Å²) in [5, 5.41) is 2.79. The topological polar surface area (TPSA) is 56.8 Å². The number of ether oxygens (including phenoxy) is 3. The summed E-state index contributed by atoms with van der Waals surface area (Å²) in [6, 6.07) is 0. The van der Waals surface area contributed by atoms with E-state index in [-0.39, 0.29) is 11.8 Å². The van der Waals surface area contributed by atoms with Crippen LogP contribution in [-0.4, -0.2) is 52.1 Å². The minimum atomic E-state index is 0.0238. The standard InChI is InChI=1S/C15H31NO4.C2H6/c1-4-5-6-8-18-10-12-20-13-11-19-9-7-16-15(17)14(2)3;1-2/h14H,4-13H2,1-3H3,(H,16,17);1-2H3. The second-order valence-electron chi connectivity index (χ2n) is 4.99. The molecule has 0 atom stereocenters. The van der Waals surface area contributed by atoms with Crippen LogP contribution in [-0.2, 0) is 19.0 Å². The van der Waals surface area contributed by atoms with Crippen LogP contribution in [0, 0.1) is 5.92 Å². The van der Waals surface area contributed by atoms with E-state index in [2.05, 4.69) is 12.2 Å². The quantitative estimate of drug-likeness (QED) is 0.500. The summed E-state index contributed by atoms with van der Waals surface area (Å²) in [6.07, 6.45) is 3.57. The van der Waals surface area contributed by atoms with Crippen LogP contribution in [0.2, 0.25) is 0 Å². The Balaban J connectivity index is 0. The smallest absolute Gasteiger partial charge is 0.222 e. The Bertz CT molecular complexity index is 223. The molecule has 1 amide bonds. The number of carbonyl (C=O) groups excluding carboxylic acids is 1. The molecule has 0 saturated heterocycles. The molecule has 0 unspecified atom stereocenters. The van der Waals surface area contributed by atoms with Gasteiger partial charge in [-0.25, -0.2) is 0 Å². The zero-order chi connectivity index (χ0) is 17.1. The summed E-state index contributed by atoms with van der Waals surface area (Å²) in [4.78, 5) is 11.2. The number of carbonyl (C=O) groups is 1. The summed E-state index contributed by atoms with van der Waals surface area (Å²) in [5.41, 5.74) is 0. The Morgan fingerprint density at radius 3 is 1.86 bits per heavy atom. The predicted molar refractivity (Wildman–Crippen MR) is 91.2 cm³/mol. The van der Waals surface area contributed by atoms with Crippen LogP contribution in [0.3, 0.4) is 0 Å². The van der Waals surface area contributed by atoms with Gasteiger partial charge in [0.15, 0.2) is 0 Å². The van der Waals surface area contributed by atoms with Crippen molar-refractivity contribution < 1.29 is 19.0 Å². The zero-order valence-electron chi connectivity index (χ0n) is 15.3. The van der Waals surface area contributed by atoms with Gasteiger partial charge in [-0.3, -0.25) is 4.79 Å². The van der Waals surface area contributed by atoms with E-state index in [1.165, 1.54) is 12.8 Å². The molecule has 0 fully saturated rings. The number of hydrogen-bond acceptors (Lipinski definition) is 4. The van der Waals surface area contributed by atoms with Crippen molar-refractivity contribution in [2.75, 3.05) is 46.2 Å². The Hall–Kier alpha value is -0.650. The fraction of sp³-hybridized carbons (Fsp3) is 0.941. The van der Waals surface area contributed by atoms with Crippen LogP contribution in [0.5, 0.6) is 0 Å².